The second-order valence-corrected chi connectivity index (χ2v) is 3.82. The second kappa shape index (κ2) is 5.16. The van der Waals surface area contributed by atoms with Gasteiger partial charge in [-0.1, -0.05) is 6.92 Å². The SMILES string of the molecule is CCc1c(C=O)cc(Br)c(OC)c1OC. The third kappa shape index (κ3) is 2.15. The van der Waals surface area contributed by atoms with Crippen LogP contribution in [-0.4, -0.2) is 20.5 Å². The fourth-order valence-corrected chi connectivity index (χ4v) is 2.13. The highest BCUT2D eigenvalue weighted by molar-refractivity contribution is 9.10. The molecule has 0 amide bonds. The zero-order valence-corrected chi connectivity index (χ0v) is 10.6. The number of ether oxygens (including phenoxy) is 2. The zero-order valence-electron chi connectivity index (χ0n) is 8.96. The molecule has 1 aromatic carbocycles. The lowest BCUT2D eigenvalue weighted by Gasteiger charge is -2.15. The summed E-state index contributed by atoms with van der Waals surface area (Å²) in [5, 5.41) is 0. The molecule has 0 aromatic heterocycles. The highest BCUT2D eigenvalue weighted by Gasteiger charge is 2.16. The molecule has 0 unspecified atom stereocenters. The maximum absolute atomic E-state index is 10.9. The summed E-state index contributed by atoms with van der Waals surface area (Å²) in [7, 11) is 3.14. The average molecular weight is 273 g/mol. The van der Waals surface area contributed by atoms with E-state index in [1.807, 2.05) is 6.92 Å². The minimum absolute atomic E-state index is 0.622. The van der Waals surface area contributed by atoms with Crippen molar-refractivity contribution in [2.75, 3.05) is 14.2 Å². The van der Waals surface area contributed by atoms with Crippen LogP contribution in [0.25, 0.3) is 0 Å². The van der Waals surface area contributed by atoms with Crippen molar-refractivity contribution in [1.82, 2.24) is 0 Å². The van der Waals surface area contributed by atoms with Crippen molar-refractivity contribution < 1.29 is 14.3 Å². The smallest absolute Gasteiger partial charge is 0.175 e. The van der Waals surface area contributed by atoms with Gasteiger partial charge in [0.05, 0.1) is 18.7 Å². The fourth-order valence-electron chi connectivity index (χ4n) is 1.54. The Balaban J connectivity index is 3.51. The van der Waals surface area contributed by atoms with Crippen molar-refractivity contribution in [3.05, 3.63) is 21.7 Å². The van der Waals surface area contributed by atoms with Crippen LogP contribution in [0.4, 0.5) is 0 Å². The summed E-state index contributed by atoms with van der Waals surface area (Å²) in [4.78, 5) is 10.9. The van der Waals surface area contributed by atoms with Crippen molar-refractivity contribution in [2.24, 2.45) is 0 Å². The Bertz CT molecular complexity index is 375. The lowest BCUT2D eigenvalue weighted by atomic mass is 10.0. The van der Waals surface area contributed by atoms with Gasteiger partial charge >= 0.3 is 0 Å². The van der Waals surface area contributed by atoms with Crippen LogP contribution in [0.2, 0.25) is 0 Å². The van der Waals surface area contributed by atoms with E-state index in [9.17, 15) is 4.79 Å². The molecule has 3 nitrogen and oxygen atoms in total. The third-order valence-corrected chi connectivity index (χ3v) is 2.81. The van der Waals surface area contributed by atoms with Crippen LogP contribution in [0.3, 0.4) is 0 Å². The number of aldehydes is 1. The van der Waals surface area contributed by atoms with Gasteiger partial charge in [0.2, 0.25) is 0 Å². The molecule has 0 saturated carbocycles. The number of halogens is 1. The van der Waals surface area contributed by atoms with E-state index in [4.69, 9.17) is 9.47 Å². The first-order valence-corrected chi connectivity index (χ1v) is 5.37. The maximum Gasteiger partial charge on any atom is 0.175 e. The predicted molar refractivity (Wildman–Crippen MR) is 62.0 cm³/mol. The van der Waals surface area contributed by atoms with Crippen LogP contribution in [0.1, 0.15) is 22.8 Å². The molecule has 1 aromatic rings. The highest BCUT2D eigenvalue weighted by atomic mass is 79.9. The van der Waals surface area contributed by atoms with Crippen molar-refractivity contribution >= 4 is 22.2 Å². The third-order valence-electron chi connectivity index (χ3n) is 2.22. The Kier molecular flexibility index (Phi) is 4.15. The standard InChI is InChI=1S/C11H13BrO3/c1-4-8-7(6-13)5-9(12)11(15-3)10(8)14-2/h5-6H,4H2,1-3H3. The Morgan fingerprint density at radius 2 is 1.93 bits per heavy atom. The summed E-state index contributed by atoms with van der Waals surface area (Å²) in [6.45, 7) is 1.97. The lowest BCUT2D eigenvalue weighted by Crippen LogP contribution is -2.00. The van der Waals surface area contributed by atoms with Gasteiger partial charge in [-0.15, -0.1) is 0 Å². The van der Waals surface area contributed by atoms with E-state index < -0.39 is 0 Å². The Labute approximate surface area is 97.5 Å². The first-order valence-electron chi connectivity index (χ1n) is 4.58. The molecule has 0 aliphatic heterocycles. The molecule has 0 atom stereocenters. The number of hydrogen-bond donors (Lipinski definition) is 0. The van der Waals surface area contributed by atoms with E-state index in [2.05, 4.69) is 15.9 Å². The number of benzene rings is 1. The molecule has 82 valence electrons. The van der Waals surface area contributed by atoms with Crippen LogP contribution in [0, 0.1) is 0 Å². The summed E-state index contributed by atoms with van der Waals surface area (Å²) in [5.74, 6) is 1.25. The van der Waals surface area contributed by atoms with Gasteiger partial charge in [0.25, 0.3) is 0 Å². The quantitative estimate of drug-likeness (QED) is 0.791. The minimum atomic E-state index is 0.622. The molecule has 0 aliphatic carbocycles. The summed E-state index contributed by atoms with van der Waals surface area (Å²) < 4.78 is 11.2. The van der Waals surface area contributed by atoms with E-state index in [1.54, 1.807) is 20.3 Å². The maximum atomic E-state index is 10.9. The fraction of sp³-hybridized carbons (Fsp3) is 0.364. The summed E-state index contributed by atoms with van der Waals surface area (Å²) >= 11 is 3.34. The molecule has 15 heavy (non-hydrogen) atoms. The van der Waals surface area contributed by atoms with E-state index in [0.29, 0.717) is 17.1 Å². The van der Waals surface area contributed by atoms with E-state index in [1.165, 1.54) is 0 Å². The molecule has 0 aliphatic rings. The van der Waals surface area contributed by atoms with Gasteiger partial charge in [-0.05, 0) is 28.4 Å². The molecular formula is C11H13BrO3. The molecule has 1 rings (SSSR count). The van der Waals surface area contributed by atoms with Crippen LogP contribution in [0.5, 0.6) is 11.5 Å². The molecule has 0 spiro atoms. The monoisotopic (exact) mass is 272 g/mol. The van der Waals surface area contributed by atoms with Gasteiger partial charge in [0.15, 0.2) is 17.8 Å². The van der Waals surface area contributed by atoms with Crippen LogP contribution >= 0.6 is 15.9 Å². The number of carbonyl (C=O) groups excluding carboxylic acids is 1. The normalized spacial score (nSPS) is 9.87. The Morgan fingerprint density at radius 1 is 1.33 bits per heavy atom. The largest absolute Gasteiger partial charge is 0.493 e. The molecule has 0 saturated heterocycles. The predicted octanol–water partition coefficient (Wildman–Crippen LogP) is 2.84. The molecule has 0 N–H and O–H groups in total. The summed E-state index contributed by atoms with van der Waals surface area (Å²) in [6, 6.07) is 1.74. The molecule has 4 heteroatoms. The van der Waals surface area contributed by atoms with Crippen molar-refractivity contribution in [2.45, 2.75) is 13.3 Å². The van der Waals surface area contributed by atoms with E-state index in [-0.39, 0.29) is 0 Å². The van der Waals surface area contributed by atoms with Gasteiger partial charge in [-0.2, -0.15) is 0 Å². The molecule has 0 heterocycles. The van der Waals surface area contributed by atoms with Crippen molar-refractivity contribution in [3.8, 4) is 11.5 Å². The zero-order chi connectivity index (χ0) is 11.4. The average Bonchev–Trinajstić information content (AvgIpc) is 2.27. The van der Waals surface area contributed by atoms with Crippen LogP contribution < -0.4 is 9.47 Å². The summed E-state index contributed by atoms with van der Waals surface area (Å²) in [5.41, 5.74) is 1.49. The van der Waals surface area contributed by atoms with Gasteiger partial charge in [-0.3, -0.25) is 4.79 Å². The van der Waals surface area contributed by atoms with Crippen molar-refractivity contribution in [3.63, 3.8) is 0 Å². The minimum Gasteiger partial charge on any atom is -0.493 e. The molecule has 0 radical (unpaired) electrons. The van der Waals surface area contributed by atoms with E-state index >= 15 is 0 Å². The molecule has 0 fully saturated rings. The van der Waals surface area contributed by atoms with Gasteiger partial charge in [-0.25, -0.2) is 0 Å². The first kappa shape index (κ1) is 12.0. The molecular weight excluding hydrogens is 260 g/mol. The van der Waals surface area contributed by atoms with Gasteiger partial charge in [0.1, 0.15) is 0 Å². The Morgan fingerprint density at radius 3 is 2.33 bits per heavy atom. The van der Waals surface area contributed by atoms with Crippen LogP contribution in [0.15, 0.2) is 10.5 Å². The van der Waals surface area contributed by atoms with E-state index in [0.717, 1.165) is 22.7 Å². The van der Waals surface area contributed by atoms with Gasteiger partial charge < -0.3 is 9.47 Å². The number of carbonyl (C=O) groups is 1. The highest BCUT2D eigenvalue weighted by Crippen LogP contribution is 2.39. The lowest BCUT2D eigenvalue weighted by molar-refractivity contribution is 0.112. The van der Waals surface area contributed by atoms with Crippen molar-refractivity contribution in [1.29, 1.82) is 0 Å². The Hall–Kier alpha value is -1.03. The van der Waals surface area contributed by atoms with Crippen LogP contribution in [-0.2, 0) is 6.42 Å². The number of methoxy groups -OCH3 is 2. The van der Waals surface area contributed by atoms with Gasteiger partial charge in [0, 0.05) is 11.1 Å². The summed E-state index contributed by atoms with van der Waals surface area (Å²) in [6.07, 6.45) is 1.55. The number of hydrogen-bond acceptors (Lipinski definition) is 3. The molecule has 0 bridgehead atoms. The second-order valence-electron chi connectivity index (χ2n) is 2.96. The first-order chi connectivity index (χ1) is 7.19. The topological polar surface area (TPSA) is 35.5 Å². The number of rotatable bonds is 4.